The van der Waals surface area contributed by atoms with Gasteiger partial charge < -0.3 is 5.73 Å². The van der Waals surface area contributed by atoms with E-state index in [1.54, 1.807) is 18.2 Å². The second-order valence-electron chi connectivity index (χ2n) is 4.58. The highest BCUT2D eigenvalue weighted by atomic mass is 79.9. The Kier molecular flexibility index (Phi) is 4.93. The first-order valence-corrected chi connectivity index (χ1v) is 8.76. The molecule has 0 aromatic heterocycles. The van der Waals surface area contributed by atoms with Gasteiger partial charge in [-0.15, -0.1) is 0 Å². The lowest BCUT2D eigenvalue weighted by Crippen LogP contribution is -2.13. The standard InChI is InChI=1S/C14H14BrClN2O2S/c1-9-4-11(15)6-12(5-9)18-21(19,20)13-3-2-10(8-17)14(16)7-13/h2-7,18H,8,17H2,1H3. The minimum atomic E-state index is -3.69. The second kappa shape index (κ2) is 6.36. The molecule has 0 amide bonds. The fraction of sp³-hybridized carbons (Fsp3) is 0.143. The molecule has 0 unspecified atom stereocenters. The first kappa shape index (κ1) is 16.3. The van der Waals surface area contributed by atoms with Crippen LogP contribution in [-0.2, 0) is 16.6 Å². The van der Waals surface area contributed by atoms with Crippen LogP contribution in [0.1, 0.15) is 11.1 Å². The van der Waals surface area contributed by atoms with E-state index in [4.69, 9.17) is 17.3 Å². The lowest BCUT2D eigenvalue weighted by molar-refractivity contribution is 0.601. The Balaban J connectivity index is 2.36. The molecule has 4 nitrogen and oxygen atoms in total. The zero-order chi connectivity index (χ0) is 15.6. The molecule has 0 saturated carbocycles. The molecule has 0 heterocycles. The maximum absolute atomic E-state index is 12.4. The molecular weight excluding hydrogens is 376 g/mol. The molecule has 0 bridgehead atoms. The van der Waals surface area contributed by atoms with Crippen molar-refractivity contribution in [2.24, 2.45) is 5.73 Å². The van der Waals surface area contributed by atoms with E-state index in [1.165, 1.54) is 12.1 Å². The Hall–Kier alpha value is -1.08. The quantitative estimate of drug-likeness (QED) is 0.838. The summed E-state index contributed by atoms with van der Waals surface area (Å²) >= 11 is 9.35. The summed E-state index contributed by atoms with van der Waals surface area (Å²) in [5.74, 6) is 0. The maximum atomic E-state index is 12.4. The summed E-state index contributed by atoms with van der Waals surface area (Å²) in [7, 11) is -3.69. The van der Waals surface area contributed by atoms with Gasteiger partial charge in [0.05, 0.1) is 10.6 Å². The van der Waals surface area contributed by atoms with Gasteiger partial charge in [0, 0.05) is 16.0 Å². The van der Waals surface area contributed by atoms with Crippen molar-refractivity contribution in [2.75, 3.05) is 4.72 Å². The van der Waals surface area contributed by atoms with Crippen molar-refractivity contribution in [2.45, 2.75) is 18.4 Å². The molecule has 0 fully saturated rings. The maximum Gasteiger partial charge on any atom is 0.261 e. The number of nitrogens with two attached hydrogens (primary N) is 1. The number of benzene rings is 2. The van der Waals surface area contributed by atoms with Gasteiger partial charge in [0.1, 0.15) is 0 Å². The van der Waals surface area contributed by atoms with E-state index in [-0.39, 0.29) is 11.4 Å². The first-order chi connectivity index (χ1) is 9.81. The van der Waals surface area contributed by atoms with Crippen LogP contribution in [0, 0.1) is 6.92 Å². The van der Waals surface area contributed by atoms with Gasteiger partial charge in [-0.3, -0.25) is 4.72 Å². The van der Waals surface area contributed by atoms with Crippen molar-refractivity contribution in [3.8, 4) is 0 Å². The lowest BCUT2D eigenvalue weighted by Gasteiger charge is -2.11. The molecule has 2 aromatic rings. The Morgan fingerprint density at radius 1 is 1.24 bits per heavy atom. The van der Waals surface area contributed by atoms with E-state index in [1.807, 2.05) is 13.0 Å². The van der Waals surface area contributed by atoms with E-state index in [0.29, 0.717) is 16.3 Å². The minimum Gasteiger partial charge on any atom is -0.326 e. The Bertz CT molecular complexity index is 758. The summed E-state index contributed by atoms with van der Waals surface area (Å²) in [6, 6.07) is 9.84. The smallest absolute Gasteiger partial charge is 0.261 e. The van der Waals surface area contributed by atoms with Crippen LogP contribution >= 0.6 is 27.5 Å². The van der Waals surface area contributed by atoms with Crippen molar-refractivity contribution >= 4 is 43.2 Å². The molecule has 0 saturated heterocycles. The van der Waals surface area contributed by atoms with Crippen LogP contribution < -0.4 is 10.5 Å². The molecule has 112 valence electrons. The van der Waals surface area contributed by atoms with Gasteiger partial charge in [-0.1, -0.05) is 33.6 Å². The molecule has 2 rings (SSSR count). The third kappa shape index (κ3) is 3.97. The average molecular weight is 390 g/mol. The molecule has 0 aliphatic carbocycles. The molecule has 2 aromatic carbocycles. The number of aryl methyl sites for hydroxylation is 1. The molecule has 0 spiro atoms. The topological polar surface area (TPSA) is 72.2 Å². The van der Waals surface area contributed by atoms with Crippen molar-refractivity contribution < 1.29 is 8.42 Å². The molecular formula is C14H14BrClN2O2S. The summed E-state index contributed by atoms with van der Waals surface area (Å²) in [4.78, 5) is 0.0994. The number of nitrogens with one attached hydrogen (secondary N) is 1. The Labute approximate surface area is 137 Å². The van der Waals surface area contributed by atoms with Crippen LogP contribution in [0.15, 0.2) is 45.8 Å². The number of rotatable bonds is 4. The average Bonchev–Trinajstić information content (AvgIpc) is 2.36. The van der Waals surface area contributed by atoms with Crippen LogP contribution in [0.3, 0.4) is 0 Å². The van der Waals surface area contributed by atoms with Crippen LogP contribution in [-0.4, -0.2) is 8.42 Å². The van der Waals surface area contributed by atoms with Crippen LogP contribution in [0.2, 0.25) is 5.02 Å². The summed E-state index contributed by atoms with van der Waals surface area (Å²) in [6.45, 7) is 2.15. The van der Waals surface area contributed by atoms with E-state index in [0.717, 1.165) is 10.0 Å². The summed E-state index contributed by atoms with van der Waals surface area (Å²) in [6.07, 6.45) is 0. The summed E-state index contributed by atoms with van der Waals surface area (Å²) in [5.41, 5.74) is 7.64. The van der Waals surface area contributed by atoms with Gasteiger partial charge in [0.15, 0.2) is 0 Å². The highest BCUT2D eigenvalue weighted by Crippen LogP contribution is 2.24. The predicted molar refractivity (Wildman–Crippen MR) is 89.0 cm³/mol. The van der Waals surface area contributed by atoms with Gasteiger partial charge in [0.25, 0.3) is 10.0 Å². The fourth-order valence-electron chi connectivity index (χ4n) is 1.87. The Morgan fingerprint density at radius 2 is 1.95 bits per heavy atom. The number of hydrogen-bond acceptors (Lipinski definition) is 3. The van der Waals surface area contributed by atoms with Gasteiger partial charge in [-0.2, -0.15) is 0 Å². The molecule has 0 atom stereocenters. The summed E-state index contributed by atoms with van der Waals surface area (Å²) < 4.78 is 28.1. The van der Waals surface area contributed by atoms with E-state index >= 15 is 0 Å². The minimum absolute atomic E-state index is 0.0994. The molecule has 3 N–H and O–H groups in total. The molecule has 0 aliphatic rings. The third-order valence-corrected chi connectivity index (χ3v) is 5.04. The Morgan fingerprint density at radius 3 is 2.52 bits per heavy atom. The molecule has 0 aliphatic heterocycles. The highest BCUT2D eigenvalue weighted by molar-refractivity contribution is 9.10. The number of halogens is 2. The molecule has 0 radical (unpaired) electrons. The zero-order valence-corrected chi connectivity index (χ0v) is 14.4. The van der Waals surface area contributed by atoms with E-state index in [9.17, 15) is 8.42 Å². The molecule has 21 heavy (non-hydrogen) atoms. The predicted octanol–water partition coefficient (Wildman–Crippen LogP) is 3.67. The van der Waals surface area contributed by atoms with Crippen molar-refractivity contribution in [3.05, 3.63) is 57.0 Å². The van der Waals surface area contributed by atoms with Gasteiger partial charge in [-0.25, -0.2) is 8.42 Å². The second-order valence-corrected chi connectivity index (χ2v) is 7.59. The van der Waals surface area contributed by atoms with E-state index < -0.39 is 10.0 Å². The highest BCUT2D eigenvalue weighted by Gasteiger charge is 2.16. The third-order valence-electron chi connectivity index (χ3n) is 2.85. The lowest BCUT2D eigenvalue weighted by atomic mass is 10.2. The normalized spacial score (nSPS) is 11.4. The van der Waals surface area contributed by atoms with Gasteiger partial charge in [-0.05, 0) is 48.4 Å². The SMILES string of the molecule is Cc1cc(Br)cc(NS(=O)(=O)c2ccc(CN)c(Cl)c2)c1. The number of hydrogen-bond donors (Lipinski definition) is 2. The number of anilines is 1. The van der Waals surface area contributed by atoms with Crippen molar-refractivity contribution in [3.63, 3.8) is 0 Å². The van der Waals surface area contributed by atoms with Gasteiger partial charge in [0.2, 0.25) is 0 Å². The molecule has 7 heteroatoms. The summed E-state index contributed by atoms with van der Waals surface area (Å²) in [5, 5.41) is 0.339. The zero-order valence-electron chi connectivity index (χ0n) is 11.2. The van der Waals surface area contributed by atoms with Crippen LogP contribution in [0.4, 0.5) is 5.69 Å². The van der Waals surface area contributed by atoms with Crippen LogP contribution in [0.25, 0.3) is 0 Å². The van der Waals surface area contributed by atoms with Crippen molar-refractivity contribution in [1.82, 2.24) is 0 Å². The fourth-order valence-corrected chi connectivity index (χ4v) is 3.87. The number of sulfonamides is 1. The largest absolute Gasteiger partial charge is 0.326 e. The van der Waals surface area contributed by atoms with Gasteiger partial charge >= 0.3 is 0 Å². The van der Waals surface area contributed by atoms with E-state index in [2.05, 4.69) is 20.7 Å². The first-order valence-electron chi connectivity index (χ1n) is 6.10. The van der Waals surface area contributed by atoms with Crippen molar-refractivity contribution in [1.29, 1.82) is 0 Å². The van der Waals surface area contributed by atoms with Crippen LogP contribution in [0.5, 0.6) is 0 Å². The monoisotopic (exact) mass is 388 g/mol.